The van der Waals surface area contributed by atoms with Crippen molar-refractivity contribution in [2.45, 2.75) is 0 Å². The van der Waals surface area contributed by atoms with E-state index in [1.807, 2.05) is 18.3 Å². The van der Waals surface area contributed by atoms with E-state index >= 15 is 0 Å². The van der Waals surface area contributed by atoms with E-state index in [-0.39, 0.29) is 0 Å². The van der Waals surface area contributed by atoms with E-state index in [1.165, 1.54) is 41.9 Å². The van der Waals surface area contributed by atoms with Gasteiger partial charge < -0.3 is 4.57 Å². The lowest BCUT2D eigenvalue weighted by molar-refractivity contribution is 1.18. The normalized spacial score (nSPS) is 11.6. The first-order chi connectivity index (χ1) is 21.8. The second kappa shape index (κ2) is 10.4. The Bertz CT molecular complexity index is 2400. The monoisotopic (exact) mass is 617 g/mol. The van der Waals surface area contributed by atoms with Crippen LogP contribution in [0.3, 0.4) is 0 Å². The van der Waals surface area contributed by atoms with Crippen LogP contribution in [0.1, 0.15) is 0 Å². The number of pyridine rings is 1. The fourth-order valence-electron chi connectivity index (χ4n) is 6.05. The smallest absolute Gasteiger partial charge is 0.124 e. The van der Waals surface area contributed by atoms with Crippen LogP contribution in [-0.2, 0) is 0 Å². The van der Waals surface area contributed by atoms with Crippen LogP contribution in [0.5, 0.6) is 0 Å². The van der Waals surface area contributed by atoms with E-state index in [4.69, 9.17) is 9.97 Å². The molecule has 0 saturated carbocycles. The van der Waals surface area contributed by atoms with Gasteiger partial charge in [0.15, 0.2) is 0 Å². The summed E-state index contributed by atoms with van der Waals surface area (Å²) >= 11 is 5.29. The summed E-state index contributed by atoms with van der Waals surface area (Å²) in [7, 11) is 0. The number of rotatable bonds is 5. The van der Waals surface area contributed by atoms with E-state index in [0.717, 1.165) is 38.5 Å². The minimum absolute atomic E-state index is 0.961. The van der Waals surface area contributed by atoms with Gasteiger partial charge >= 0.3 is 0 Å². The molecule has 0 fully saturated rings. The average Bonchev–Trinajstić information content (AvgIpc) is 3.90. The lowest BCUT2D eigenvalue weighted by Gasteiger charge is -2.15. The first kappa shape index (κ1) is 25.6. The topological polar surface area (TPSA) is 30.7 Å². The zero-order valence-electron chi connectivity index (χ0n) is 23.3. The van der Waals surface area contributed by atoms with Crippen molar-refractivity contribution in [3.05, 3.63) is 138 Å². The number of nitrogens with zero attached hydrogens (tertiary/aromatic N) is 3. The number of para-hydroxylation sites is 1. The van der Waals surface area contributed by atoms with E-state index in [0.29, 0.717) is 0 Å². The van der Waals surface area contributed by atoms with Crippen LogP contribution in [-0.4, -0.2) is 14.5 Å². The molecule has 0 radical (unpaired) electrons. The highest BCUT2D eigenvalue weighted by atomic mass is 32.1. The van der Waals surface area contributed by atoms with Crippen molar-refractivity contribution in [1.29, 1.82) is 0 Å². The molecule has 0 atom stereocenters. The standard InChI is InChI=1S/C38H23N3S3/c1-2-9-37-31(8-1)40-38(44-37)26-13-15-27-29-21-25(35-10-5-19-42-35)14-17-32(29)41(33(27)23-26)34-22-24(30-7-3-4-18-39-30)12-16-28(34)36-11-6-20-43-36/h1-23H. The van der Waals surface area contributed by atoms with Crippen molar-refractivity contribution in [3.8, 4) is 48.4 Å². The Kier molecular flexibility index (Phi) is 6.04. The number of hydrogen-bond acceptors (Lipinski definition) is 5. The lowest BCUT2D eigenvalue weighted by Crippen LogP contribution is -1.98. The highest BCUT2D eigenvalue weighted by Crippen LogP contribution is 2.42. The molecule has 0 aliphatic heterocycles. The van der Waals surface area contributed by atoms with Crippen LogP contribution >= 0.6 is 34.0 Å². The molecule has 9 rings (SSSR count). The second-order valence-electron chi connectivity index (χ2n) is 10.7. The molecule has 0 saturated heterocycles. The number of fused-ring (bicyclic) bond motifs is 4. The fraction of sp³-hybridized carbons (Fsp3) is 0. The third kappa shape index (κ3) is 4.22. The first-order valence-corrected chi connectivity index (χ1v) is 17.0. The molecule has 5 aromatic heterocycles. The molecule has 6 heteroatoms. The average molecular weight is 618 g/mol. The van der Waals surface area contributed by atoms with Crippen molar-refractivity contribution in [1.82, 2.24) is 14.5 Å². The van der Waals surface area contributed by atoms with Gasteiger partial charge in [0, 0.05) is 43.4 Å². The van der Waals surface area contributed by atoms with Crippen molar-refractivity contribution in [3.63, 3.8) is 0 Å². The van der Waals surface area contributed by atoms with Crippen LogP contribution < -0.4 is 0 Å². The van der Waals surface area contributed by atoms with Gasteiger partial charge in [-0.05, 0) is 77.0 Å². The van der Waals surface area contributed by atoms with Crippen LogP contribution in [0, 0.1) is 0 Å². The SMILES string of the molecule is c1ccc(-c2ccc(-c3cccs3)c(-n3c4ccc(-c5cccs5)cc4c4ccc(-c5nc6ccccc6s5)cc43)c2)nc1. The van der Waals surface area contributed by atoms with E-state index < -0.39 is 0 Å². The third-order valence-corrected chi connectivity index (χ3v) is 11.0. The quantitative estimate of drug-likeness (QED) is 0.192. The Morgan fingerprint density at radius 2 is 1.39 bits per heavy atom. The van der Waals surface area contributed by atoms with Crippen molar-refractivity contribution in [2.75, 3.05) is 0 Å². The van der Waals surface area contributed by atoms with Crippen LogP contribution in [0.4, 0.5) is 0 Å². The first-order valence-electron chi connectivity index (χ1n) is 14.4. The Balaban J connectivity index is 1.36. The lowest BCUT2D eigenvalue weighted by atomic mass is 10.0. The van der Waals surface area contributed by atoms with Crippen LogP contribution in [0.15, 0.2) is 138 Å². The van der Waals surface area contributed by atoms with Gasteiger partial charge in [-0.3, -0.25) is 4.98 Å². The molecular formula is C38H23N3S3. The molecule has 5 heterocycles. The summed E-state index contributed by atoms with van der Waals surface area (Å²) in [5.74, 6) is 0. The van der Waals surface area contributed by atoms with Gasteiger partial charge in [0.05, 0.1) is 32.6 Å². The van der Waals surface area contributed by atoms with Crippen molar-refractivity contribution in [2.24, 2.45) is 0 Å². The maximum Gasteiger partial charge on any atom is 0.124 e. The molecule has 208 valence electrons. The van der Waals surface area contributed by atoms with Gasteiger partial charge in [-0.1, -0.05) is 60.7 Å². The highest BCUT2D eigenvalue weighted by molar-refractivity contribution is 7.21. The van der Waals surface area contributed by atoms with Gasteiger partial charge in [-0.2, -0.15) is 0 Å². The van der Waals surface area contributed by atoms with E-state index in [2.05, 4.69) is 125 Å². The van der Waals surface area contributed by atoms with E-state index in [1.54, 1.807) is 34.0 Å². The summed E-state index contributed by atoms with van der Waals surface area (Å²) in [4.78, 5) is 12.2. The molecule has 44 heavy (non-hydrogen) atoms. The Hall–Kier alpha value is -4.88. The van der Waals surface area contributed by atoms with Crippen molar-refractivity contribution >= 4 is 66.0 Å². The van der Waals surface area contributed by atoms with Gasteiger partial charge in [0.25, 0.3) is 0 Å². The summed E-state index contributed by atoms with van der Waals surface area (Å²) < 4.78 is 3.65. The maximum atomic E-state index is 5.01. The Labute approximate surface area is 266 Å². The summed E-state index contributed by atoms with van der Waals surface area (Å²) in [5, 5.41) is 7.79. The minimum Gasteiger partial charge on any atom is -0.309 e. The molecule has 4 aromatic carbocycles. The van der Waals surface area contributed by atoms with Crippen molar-refractivity contribution < 1.29 is 0 Å². The number of aromatic nitrogens is 3. The van der Waals surface area contributed by atoms with Gasteiger partial charge in [0.1, 0.15) is 5.01 Å². The maximum absolute atomic E-state index is 5.01. The van der Waals surface area contributed by atoms with Gasteiger partial charge in [-0.25, -0.2) is 4.98 Å². The Morgan fingerprint density at radius 1 is 0.568 bits per heavy atom. The van der Waals surface area contributed by atoms with Crippen LogP contribution in [0.2, 0.25) is 0 Å². The molecule has 9 aromatic rings. The number of benzene rings is 4. The largest absolute Gasteiger partial charge is 0.309 e. The molecule has 0 N–H and O–H groups in total. The molecule has 0 spiro atoms. The molecule has 0 aliphatic carbocycles. The second-order valence-corrected chi connectivity index (χ2v) is 13.6. The zero-order valence-corrected chi connectivity index (χ0v) is 25.8. The predicted octanol–water partition coefficient (Wildman–Crippen LogP) is 11.6. The van der Waals surface area contributed by atoms with Gasteiger partial charge in [0.2, 0.25) is 0 Å². The molecule has 3 nitrogen and oxygen atoms in total. The Morgan fingerprint density at radius 3 is 2.20 bits per heavy atom. The van der Waals surface area contributed by atoms with Crippen LogP contribution in [0.25, 0.3) is 80.4 Å². The summed E-state index contributed by atoms with van der Waals surface area (Å²) in [5.41, 5.74) is 10.1. The summed E-state index contributed by atoms with van der Waals surface area (Å²) in [6, 6.07) is 43.6. The minimum atomic E-state index is 0.961. The summed E-state index contributed by atoms with van der Waals surface area (Å²) in [6.45, 7) is 0. The molecule has 0 unspecified atom stereocenters. The number of hydrogen-bond donors (Lipinski definition) is 0. The molecule has 0 aliphatic rings. The predicted molar refractivity (Wildman–Crippen MR) is 189 cm³/mol. The number of thiophene rings is 2. The van der Waals surface area contributed by atoms with E-state index in [9.17, 15) is 0 Å². The third-order valence-electron chi connectivity index (χ3n) is 8.10. The molecule has 0 bridgehead atoms. The highest BCUT2D eigenvalue weighted by Gasteiger charge is 2.19. The summed E-state index contributed by atoms with van der Waals surface area (Å²) in [6.07, 6.45) is 1.86. The molecule has 0 amide bonds. The molecular weight excluding hydrogens is 595 g/mol. The number of thiazole rings is 1. The fourth-order valence-corrected chi connectivity index (χ4v) is 8.50. The van der Waals surface area contributed by atoms with Gasteiger partial charge in [-0.15, -0.1) is 34.0 Å². The zero-order chi connectivity index (χ0) is 29.0.